The van der Waals surface area contributed by atoms with Gasteiger partial charge in [0.05, 0.1) is 6.10 Å². The number of carbonyl (C=O) groups is 1. The Kier molecular flexibility index (Phi) is 5.74. The van der Waals surface area contributed by atoms with Crippen molar-refractivity contribution in [3.05, 3.63) is 47.0 Å². The highest BCUT2D eigenvalue weighted by molar-refractivity contribution is 6.05. The first-order chi connectivity index (χ1) is 15.1. The van der Waals surface area contributed by atoms with Crippen LogP contribution >= 0.6 is 0 Å². The number of rotatable bonds is 3. The van der Waals surface area contributed by atoms with E-state index < -0.39 is 54.4 Å². The number of phenolic OH excluding ortho intramolecular Hbond substituents is 3. The molecule has 0 aliphatic carbocycles. The van der Waals surface area contributed by atoms with Gasteiger partial charge in [-0.1, -0.05) is 6.07 Å². The Balaban J connectivity index is 1.75. The predicted molar refractivity (Wildman–Crippen MR) is 108 cm³/mol. The Labute approximate surface area is 182 Å². The van der Waals surface area contributed by atoms with Crippen molar-refractivity contribution in [3.8, 4) is 23.0 Å². The number of aromatic hydroxyl groups is 3. The Bertz CT molecular complexity index is 1040. The van der Waals surface area contributed by atoms with Crippen LogP contribution in [0.5, 0.6) is 23.0 Å². The third kappa shape index (κ3) is 3.76. The van der Waals surface area contributed by atoms with Crippen molar-refractivity contribution in [1.82, 2.24) is 0 Å². The Morgan fingerprint density at radius 3 is 2.34 bits per heavy atom. The monoisotopic (exact) mass is 448 g/mol. The molecule has 2 aromatic rings. The van der Waals surface area contributed by atoms with E-state index in [2.05, 4.69) is 0 Å². The van der Waals surface area contributed by atoms with E-state index in [4.69, 9.17) is 14.2 Å². The number of carbonyl (C=O) groups excluding carboxylic acids is 1. The lowest BCUT2D eigenvalue weighted by Crippen LogP contribution is -2.59. The number of ketones is 1. The predicted octanol–water partition coefficient (Wildman–Crippen LogP) is 0.641. The van der Waals surface area contributed by atoms with Gasteiger partial charge in [-0.3, -0.25) is 4.79 Å². The second-order valence-corrected chi connectivity index (χ2v) is 8.02. The average molecular weight is 448 g/mol. The number of ether oxygens (including phenoxy) is 3. The molecule has 172 valence electrons. The number of phenols is 3. The lowest BCUT2D eigenvalue weighted by molar-refractivity contribution is -0.304. The van der Waals surface area contributed by atoms with E-state index in [1.165, 1.54) is 25.1 Å². The molecule has 7 unspecified atom stereocenters. The molecule has 1 fully saturated rings. The lowest BCUT2D eigenvalue weighted by Gasteiger charge is -2.42. The van der Waals surface area contributed by atoms with E-state index in [0.29, 0.717) is 11.1 Å². The van der Waals surface area contributed by atoms with Crippen LogP contribution in [0.25, 0.3) is 0 Å². The number of hydrogen-bond acceptors (Lipinski definition) is 10. The summed E-state index contributed by atoms with van der Waals surface area (Å²) < 4.78 is 17.1. The molecule has 10 nitrogen and oxygen atoms in total. The number of aryl methyl sites for hydroxylation is 1. The smallest absolute Gasteiger partial charge is 0.203 e. The van der Waals surface area contributed by atoms with Gasteiger partial charge in [-0.2, -0.15) is 0 Å². The topological polar surface area (TPSA) is 166 Å². The molecule has 0 aromatic heterocycles. The Morgan fingerprint density at radius 2 is 1.66 bits per heavy atom. The van der Waals surface area contributed by atoms with E-state index in [1.807, 2.05) is 0 Å². The molecule has 2 aromatic carbocycles. The molecule has 0 radical (unpaired) electrons. The van der Waals surface area contributed by atoms with Crippen molar-refractivity contribution >= 4 is 5.78 Å². The number of aliphatic hydroxyl groups is 3. The van der Waals surface area contributed by atoms with Crippen LogP contribution in [0.2, 0.25) is 0 Å². The second kappa shape index (κ2) is 8.23. The molecule has 6 N–H and O–H groups in total. The number of fused-ring (bicyclic) bond motifs is 1. The van der Waals surface area contributed by atoms with Gasteiger partial charge in [0.1, 0.15) is 46.9 Å². The SMILES string of the molecule is Cc1cc(C2Oc3cc(O)cc(O)c3C(=O)C2OC2OC(C)C(O)C(O)C2O)ccc1O. The fourth-order valence-electron chi connectivity index (χ4n) is 3.91. The fraction of sp³-hybridized carbons (Fsp3) is 0.409. The molecular weight excluding hydrogens is 424 g/mol. The summed E-state index contributed by atoms with van der Waals surface area (Å²) in [6.45, 7) is 3.12. The van der Waals surface area contributed by atoms with E-state index >= 15 is 0 Å². The van der Waals surface area contributed by atoms with Gasteiger partial charge in [0.25, 0.3) is 0 Å². The molecule has 10 heteroatoms. The molecule has 0 spiro atoms. The van der Waals surface area contributed by atoms with Crippen LogP contribution in [0, 0.1) is 6.92 Å². The highest BCUT2D eigenvalue weighted by Gasteiger charge is 2.48. The number of hydrogen-bond donors (Lipinski definition) is 6. The maximum Gasteiger partial charge on any atom is 0.203 e. The van der Waals surface area contributed by atoms with Gasteiger partial charge in [-0.25, -0.2) is 0 Å². The average Bonchev–Trinajstić information content (AvgIpc) is 2.73. The van der Waals surface area contributed by atoms with Gasteiger partial charge in [0, 0.05) is 12.1 Å². The fourth-order valence-corrected chi connectivity index (χ4v) is 3.91. The van der Waals surface area contributed by atoms with Crippen LogP contribution < -0.4 is 4.74 Å². The van der Waals surface area contributed by atoms with Gasteiger partial charge >= 0.3 is 0 Å². The molecule has 0 amide bonds. The van der Waals surface area contributed by atoms with Gasteiger partial charge in [-0.05, 0) is 37.1 Å². The molecule has 7 atom stereocenters. The summed E-state index contributed by atoms with van der Waals surface area (Å²) in [4.78, 5) is 13.3. The molecule has 2 aliphatic rings. The number of aliphatic hydroxyl groups excluding tert-OH is 3. The van der Waals surface area contributed by atoms with Gasteiger partial charge in [0.15, 0.2) is 18.5 Å². The summed E-state index contributed by atoms with van der Waals surface area (Å²) in [7, 11) is 0. The first kappa shape index (κ1) is 22.3. The van der Waals surface area contributed by atoms with E-state index in [1.54, 1.807) is 13.0 Å². The summed E-state index contributed by atoms with van der Waals surface area (Å²) in [6, 6.07) is 6.67. The van der Waals surface area contributed by atoms with Crippen molar-refractivity contribution in [1.29, 1.82) is 0 Å². The quantitative estimate of drug-likeness (QED) is 0.392. The molecular formula is C22H24O10. The Morgan fingerprint density at radius 1 is 0.938 bits per heavy atom. The third-order valence-electron chi connectivity index (χ3n) is 5.74. The molecule has 0 saturated carbocycles. The molecule has 1 saturated heterocycles. The van der Waals surface area contributed by atoms with Gasteiger partial charge in [-0.15, -0.1) is 0 Å². The maximum atomic E-state index is 13.3. The standard InChI is InChI=1S/C22H24O10/c1-8-5-10(3-4-12(8)24)20-21(32-22-19(29)18(28)16(26)9(2)30-22)17(27)15-13(25)6-11(23)7-14(15)31-20/h3-7,9,16,18-26,28-29H,1-2H3. The second-order valence-electron chi connectivity index (χ2n) is 8.02. The van der Waals surface area contributed by atoms with Gasteiger partial charge < -0.3 is 44.8 Å². The minimum Gasteiger partial charge on any atom is -0.508 e. The van der Waals surface area contributed by atoms with E-state index in [-0.39, 0.29) is 22.8 Å². The van der Waals surface area contributed by atoms with Crippen LogP contribution in [0.3, 0.4) is 0 Å². The van der Waals surface area contributed by atoms with Crippen LogP contribution in [0.1, 0.15) is 34.5 Å². The molecule has 4 rings (SSSR count). The first-order valence-electron chi connectivity index (χ1n) is 10.00. The first-order valence-corrected chi connectivity index (χ1v) is 10.00. The summed E-state index contributed by atoms with van der Waals surface area (Å²) in [5, 5.41) is 60.3. The molecule has 2 aliphatic heterocycles. The Hall–Kier alpha value is -2.89. The minimum absolute atomic E-state index is 0.0287. The van der Waals surface area contributed by atoms with Crippen LogP contribution in [-0.4, -0.2) is 73.2 Å². The van der Waals surface area contributed by atoms with E-state index in [0.717, 1.165) is 6.07 Å². The molecule has 0 bridgehead atoms. The zero-order valence-electron chi connectivity index (χ0n) is 17.2. The largest absolute Gasteiger partial charge is 0.508 e. The van der Waals surface area contributed by atoms with Gasteiger partial charge in [0.2, 0.25) is 5.78 Å². The summed E-state index contributed by atoms with van der Waals surface area (Å²) >= 11 is 0. The summed E-state index contributed by atoms with van der Waals surface area (Å²) in [5.74, 6) is -1.58. The highest BCUT2D eigenvalue weighted by Crippen LogP contribution is 2.44. The van der Waals surface area contributed by atoms with Crippen LogP contribution in [0.4, 0.5) is 0 Å². The van der Waals surface area contributed by atoms with Crippen molar-refractivity contribution in [2.45, 2.75) is 56.8 Å². The lowest BCUT2D eigenvalue weighted by atomic mass is 9.91. The van der Waals surface area contributed by atoms with E-state index in [9.17, 15) is 35.4 Å². The van der Waals surface area contributed by atoms with Crippen molar-refractivity contribution in [2.75, 3.05) is 0 Å². The third-order valence-corrected chi connectivity index (χ3v) is 5.74. The zero-order chi connectivity index (χ0) is 23.3. The minimum atomic E-state index is -1.66. The normalized spacial score (nSPS) is 32.3. The van der Waals surface area contributed by atoms with Crippen molar-refractivity contribution < 1.29 is 49.6 Å². The zero-order valence-corrected chi connectivity index (χ0v) is 17.2. The van der Waals surface area contributed by atoms with Crippen LogP contribution in [-0.2, 0) is 9.47 Å². The highest BCUT2D eigenvalue weighted by atomic mass is 16.7. The van der Waals surface area contributed by atoms with Crippen molar-refractivity contribution in [3.63, 3.8) is 0 Å². The number of benzene rings is 2. The van der Waals surface area contributed by atoms with Crippen molar-refractivity contribution in [2.24, 2.45) is 0 Å². The molecule has 2 heterocycles. The maximum absolute atomic E-state index is 13.3. The molecule has 32 heavy (non-hydrogen) atoms. The van der Waals surface area contributed by atoms with Crippen LogP contribution in [0.15, 0.2) is 30.3 Å². The number of Topliss-reactive ketones (excluding diaryl/α,β-unsaturated/α-hetero) is 1. The summed E-state index contributed by atoms with van der Waals surface area (Å²) in [5.41, 5.74) is 0.715. The summed E-state index contributed by atoms with van der Waals surface area (Å²) in [6.07, 6.45) is -9.51.